The third kappa shape index (κ3) is 16.2. The van der Waals surface area contributed by atoms with Gasteiger partial charge in [0, 0.05) is 18.8 Å². The van der Waals surface area contributed by atoms with Gasteiger partial charge in [-0.05, 0) is 32.1 Å². The van der Waals surface area contributed by atoms with Crippen molar-refractivity contribution in [2.24, 2.45) is 10.4 Å². The van der Waals surface area contributed by atoms with Gasteiger partial charge in [-0.15, -0.1) is 24.0 Å². The van der Waals surface area contributed by atoms with E-state index in [1.807, 2.05) is 6.92 Å². The molecule has 0 aliphatic heterocycles. The fraction of sp³-hybridized carbons (Fsp3) is 0.929. The monoisotopic (exact) mass is 433 g/mol. The number of rotatable bonds is 7. The van der Waals surface area contributed by atoms with Gasteiger partial charge < -0.3 is 10.6 Å². The Labute approximate surface area is 147 Å². The molecule has 0 saturated carbocycles. The normalized spacial score (nSPS) is 14.3. The lowest BCUT2D eigenvalue weighted by Crippen LogP contribution is -2.42. The quantitative estimate of drug-likeness (QED) is 0.368. The molecular weight excluding hydrogens is 401 g/mol. The van der Waals surface area contributed by atoms with E-state index in [-0.39, 0.29) is 29.7 Å². The molecule has 21 heavy (non-hydrogen) atoms. The highest BCUT2D eigenvalue weighted by Gasteiger charge is 2.13. The van der Waals surface area contributed by atoms with Crippen molar-refractivity contribution in [2.75, 3.05) is 25.1 Å². The number of halogens is 1. The molecule has 0 rings (SSSR count). The van der Waals surface area contributed by atoms with Crippen molar-refractivity contribution in [3.8, 4) is 0 Å². The summed E-state index contributed by atoms with van der Waals surface area (Å²) in [6.45, 7) is 11.8. The van der Waals surface area contributed by atoms with Gasteiger partial charge in [-0.1, -0.05) is 20.8 Å². The Kier molecular flexibility index (Phi) is 11.8. The molecule has 0 fully saturated rings. The average molecular weight is 433 g/mol. The molecule has 0 aliphatic carbocycles. The molecule has 0 aliphatic rings. The van der Waals surface area contributed by atoms with E-state index in [9.17, 15) is 8.42 Å². The van der Waals surface area contributed by atoms with Gasteiger partial charge in [-0.25, -0.2) is 8.42 Å². The highest BCUT2D eigenvalue weighted by Crippen LogP contribution is 2.21. The second-order valence-electron chi connectivity index (χ2n) is 6.54. The van der Waals surface area contributed by atoms with Crippen molar-refractivity contribution in [3.05, 3.63) is 0 Å². The minimum atomic E-state index is -2.96. The minimum absolute atomic E-state index is 0. The van der Waals surface area contributed by atoms with Gasteiger partial charge >= 0.3 is 0 Å². The maximum absolute atomic E-state index is 11.1. The molecule has 0 spiro atoms. The maximum Gasteiger partial charge on any atom is 0.191 e. The highest BCUT2D eigenvalue weighted by atomic mass is 127. The zero-order chi connectivity index (χ0) is 15.8. The van der Waals surface area contributed by atoms with Gasteiger partial charge in [0.05, 0.1) is 12.3 Å². The zero-order valence-electron chi connectivity index (χ0n) is 14.2. The molecule has 1 unspecified atom stereocenters. The Hall–Kier alpha value is -0.0500. The first-order chi connectivity index (χ1) is 9.03. The molecule has 7 heteroatoms. The highest BCUT2D eigenvalue weighted by molar-refractivity contribution is 14.0. The second-order valence-corrected chi connectivity index (χ2v) is 8.80. The largest absolute Gasteiger partial charge is 0.357 e. The number of guanidine groups is 1. The predicted molar refractivity (Wildman–Crippen MR) is 102 cm³/mol. The van der Waals surface area contributed by atoms with E-state index >= 15 is 0 Å². The summed E-state index contributed by atoms with van der Waals surface area (Å²) < 4.78 is 22.2. The van der Waals surface area contributed by atoms with E-state index in [4.69, 9.17) is 0 Å². The van der Waals surface area contributed by atoms with Crippen LogP contribution in [-0.2, 0) is 9.84 Å². The Morgan fingerprint density at radius 1 is 1.29 bits per heavy atom. The minimum Gasteiger partial charge on any atom is -0.357 e. The average Bonchev–Trinajstić information content (AvgIpc) is 2.24. The van der Waals surface area contributed by atoms with Gasteiger partial charge in [0.15, 0.2) is 5.96 Å². The zero-order valence-corrected chi connectivity index (χ0v) is 17.3. The molecule has 0 bridgehead atoms. The van der Waals surface area contributed by atoms with Crippen molar-refractivity contribution in [1.29, 1.82) is 0 Å². The van der Waals surface area contributed by atoms with Crippen molar-refractivity contribution < 1.29 is 8.42 Å². The molecule has 0 radical (unpaired) electrons. The number of nitrogens with zero attached hydrogens (tertiary/aromatic N) is 1. The molecular formula is C14H32IN3O2S. The fourth-order valence-electron chi connectivity index (χ4n) is 1.60. The van der Waals surface area contributed by atoms with Gasteiger partial charge in [0.25, 0.3) is 0 Å². The van der Waals surface area contributed by atoms with Crippen LogP contribution in [0.15, 0.2) is 4.99 Å². The molecule has 0 saturated heterocycles. The van der Waals surface area contributed by atoms with E-state index in [2.05, 4.69) is 43.3 Å². The molecule has 0 amide bonds. The molecule has 0 aromatic heterocycles. The van der Waals surface area contributed by atoms with Gasteiger partial charge in [0.2, 0.25) is 0 Å². The van der Waals surface area contributed by atoms with Crippen LogP contribution < -0.4 is 10.6 Å². The van der Waals surface area contributed by atoms with Gasteiger partial charge in [0.1, 0.15) is 9.84 Å². The molecule has 128 valence electrons. The van der Waals surface area contributed by atoms with E-state index in [0.29, 0.717) is 24.0 Å². The summed E-state index contributed by atoms with van der Waals surface area (Å²) in [6.07, 6.45) is 3.42. The van der Waals surface area contributed by atoms with Crippen LogP contribution in [0.25, 0.3) is 0 Å². The summed E-state index contributed by atoms with van der Waals surface area (Å²) in [5.41, 5.74) is 0.321. The smallest absolute Gasteiger partial charge is 0.191 e. The van der Waals surface area contributed by atoms with Crippen LogP contribution in [0.3, 0.4) is 0 Å². The molecule has 0 aromatic carbocycles. The van der Waals surface area contributed by atoms with Crippen LogP contribution in [0.4, 0.5) is 0 Å². The van der Waals surface area contributed by atoms with Crippen LogP contribution >= 0.6 is 24.0 Å². The number of aliphatic imine (C=N–C) groups is 1. The SMILES string of the molecule is CCNC(=NCCS(C)(=O)=O)NC(C)CCC(C)(C)C.I. The first kappa shape index (κ1) is 23.2. The number of hydrogen-bond donors (Lipinski definition) is 2. The third-order valence-electron chi connectivity index (χ3n) is 2.79. The molecule has 5 nitrogen and oxygen atoms in total. The van der Waals surface area contributed by atoms with Crippen molar-refractivity contribution in [2.45, 2.75) is 53.5 Å². The summed E-state index contributed by atoms with van der Waals surface area (Å²) in [5, 5.41) is 6.46. The van der Waals surface area contributed by atoms with Crippen molar-refractivity contribution in [3.63, 3.8) is 0 Å². The first-order valence-electron chi connectivity index (χ1n) is 7.26. The van der Waals surface area contributed by atoms with Crippen molar-refractivity contribution in [1.82, 2.24) is 10.6 Å². The van der Waals surface area contributed by atoms with E-state index < -0.39 is 9.84 Å². The Morgan fingerprint density at radius 2 is 1.86 bits per heavy atom. The third-order valence-corrected chi connectivity index (χ3v) is 3.71. The van der Waals surface area contributed by atoms with Crippen molar-refractivity contribution >= 4 is 39.8 Å². The van der Waals surface area contributed by atoms with E-state index in [1.165, 1.54) is 6.26 Å². The Bertz CT molecular complexity index is 403. The summed E-state index contributed by atoms with van der Waals surface area (Å²) in [6, 6.07) is 0.310. The van der Waals surface area contributed by atoms with Crippen LogP contribution in [0.2, 0.25) is 0 Å². The molecule has 2 N–H and O–H groups in total. The lowest BCUT2D eigenvalue weighted by atomic mass is 9.89. The van der Waals surface area contributed by atoms with Crippen LogP contribution in [0, 0.1) is 5.41 Å². The van der Waals surface area contributed by atoms with Crippen LogP contribution in [0.5, 0.6) is 0 Å². The number of nitrogens with one attached hydrogen (secondary N) is 2. The van der Waals surface area contributed by atoms with Gasteiger partial charge in [-0.2, -0.15) is 0 Å². The van der Waals surface area contributed by atoms with Crippen LogP contribution in [0.1, 0.15) is 47.5 Å². The second kappa shape index (κ2) is 10.6. The summed E-state index contributed by atoms with van der Waals surface area (Å²) in [4.78, 5) is 4.30. The molecule has 0 aromatic rings. The summed E-state index contributed by atoms with van der Waals surface area (Å²) in [5.74, 6) is 0.775. The summed E-state index contributed by atoms with van der Waals surface area (Å²) in [7, 11) is -2.96. The summed E-state index contributed by atoms with van der Waals surface area (Å²) >= 11 is 0. The van der Waals surface area contributed by atoms with E-state index in [0.717, 1.165) is 19.4 Å². The Balaban J connectivity index is 0. The topological polar surface area (TPSA) is 70.6 Å². The molecule has 0 heterocycles. The predicted octanol–water partition coefficient (Wildman–Crippen LogP) is 2.42. The molecule has 1 atom stereocenters. The fourth-order valence-corrected chi connectivity index (χ4v) is 2.02. The lowest BCUT2D eigenvalue weighted by Gasteiger charge is -2.23. The first-order valence-corrected chi connectivity index (χ1v) is 9.32. The standard InChI is InChI=1S/C14H31N3O2S.HI/c1-7-15-13(16-10-11-20(6,18)19)17-12(2)8-9-14(3,4)5;/h12H,7-11H2,1-6H3,(H2,15,16,17);1H. The Morgan fingerprint density at radius 3 is 2.29 bits per heavy atom. The lowest BCUT2D eigenvalue weighted by molar-refractivity contribution is 0.346. The number of hydrogen-bond acceptors (Lipinski definition) is 3. The van der Waals surface area contributed by atoms with Gasteiger partial charge in [-0.3, -0.25) is 4.99 Å². The maximum atomic E-state index is 11.1. The van der Waals surface area contributed by atoms with Crippen LogP contribution in [-0.4, -0.2) is 45.5 Å². The number of sulfone groups is 1. The van der Waals surface area contributed by atoms with E-state index in [1.54, 1.807) is 0 Å².